The third-order valence-corrected chi connectivity index (χ3v) is 5.23. The van der Waals surface area contributed by atoms with Gasteiger partial charge in [-0.15, -0.1) is 0 Å². The highest BCUT2D eigenvalue weighted by Gasteiger charge is 2.39. The molecule has 0 bridgehead atoms. The number of hydrogen-bond acceptors (Lipinski definition) is 5. The number of carbonyl (C=O) groups excluding carboxylic acids is 2. The number of amides is 2. The van der Waals surface area contributed by atoms with Crippen LogP contribution in [0.4, 0.5) is 5.69 Å². The van der Waals surface area contributed by atoms with Crippen LogP contribution in [0.25, 0.3) is 5.57 Å². The highest BCUT2D eigenvalue weighted by Crippen LogP contribution is 2.36. The first kappa shape index (κ1) is 22.4. The molecule has 0 saturated carbocycles. The lowest BCUT2D eigenvalue weighted by molar-refractivity contribution is -0.137. The lowest BCUT2D eigenvalue weighted by Crippen LogP contribution is -2.35. The van der Waals surface area contributed by atoms with Crippen molar-refractivity contribution in [2.75, 3.05) is 26.1 Å². The molecule has 2 aromatic carbocycles. The molecule has 1 aliphatic rings. The van der Waals surface area contributed by atoms with E-state index in [1.165, 1.54) is 17.6 Å². The number of nitrogens with zero attached hydrogens (tertiary/aromatic N) is 1. The lowest BCUT2D eigenvalue weighted by Gasteiger charge is -2.17. The molecule has 6 heteroatoms. The number of anilines is 1. The van der Waals surface area contributed by atoms with Crippen LogP contribution < -0.4 is 14.8 Å². The summed E-state index contributed by atoms with van der Waals surface area (Å²) in [6.45, 7) is 8.57. The monoisotopic (exact) mass is 422 g/mol. The van der Waals surface area contributed by atoms with Crippen LogP contribution in [0.15, 0.2) is 48.2 Å². The van der Waals surface area contributed by atoms with Gasteiger partial charge in [-0.25, -0.2) is 0 Å². The molecule has 0 atom stereocenters. The molecule has 31 heavy (non-hydrogen) atoms. The van der Waals surface area contributed by atoms with Crippen molar-refractivity contribution in [3.8, 4) is 11.5 Å². The highest BCUT2D eigenvalue weighted by atomic mass is 16.5. The molecular weight excluding hydrogens is 392 g/mol. The van der Waals surface area contributed by atoms with Crippen LogP contribution in [-0.2, 0) is 9.59 Å². The van der Waals surface area contributed by atoms with Crippen LogP contribution in [0.3, 0.4) is 0 Å². The van der Waals surface area contributed by atoms with Gasteiger partial charge in [0.05, 0.1) is 19.8 Å². The van der Waals surface area contributed by atoms with Crippen molar-refractivity contribution in [3.05, 3.63) is 59.3 Å². The quantitative estimate of drug-likeness (QED) is 0.626. The minimum atomic E-state index is -0.323. The smallest absolute Gasteiger partial charge is 0.278 e. The lowest BCUT2D eigenvalue weighted by atomic mass is 10.0. The van der Waals surface area contributed by atoms with Gasteiger partial charge in [-0.3, -0.25) is 14.5 Å². The molecular formula is C25H30N2O4. The summed E-state index contributed by atoms with van der Waals surface area (Å²) < 4.78 is 10.7. The molecule has 0 spiro atoms. The minimum absolute atomic E-state index is 0.157. The van der Waals surface area contributed by atoms with Gasteiger partial charge < -0.3 is 14.8 Å². The average molecular weight is 423 g/mol. The molecule has 1 heterocycles. The minimum Gasteiger partial charge on any atom is -0.493 e. The number of nitrogens with one attached hydrogen (secondary N) is 1. The predicted octanol–water partition coefficient (Wildman–Crippen LogP) is 4.68. The summed E-state index contributed by atoms with van der Waals surface area (Å²) >= 11 is 0. The van der Waals surface area contributed by atoms with E-state index in [1.807, 2.05) is 38.1 Å². The van der Waals surface area contributed by atoms with Gasteiger partial charge in [0.15, 0.2) is 11.5 Å². The van der Waals surface area contributed by atoms with Gasteiger partial charge in [-0.1, -0.05) is 45.9 Å². The third-order valence-electron chi connectivity index (χ3n) is 5.23. The van der Waals surface area contributed by atoms with E-state index in [-0.39, 0.29) is 23.4 Å². The van der Waals surface area contributed by atoms with Crippen LogP contribution in [-0.4, -0.2) is 37.5 Å². The van der Waals surface area contributed by atoms with Gasteiger partial charge in [0.25, 0.3) is 11.8 Å². The van der Waals surface area contributed by atoms with Crippen molar-refractivity contribution < 1.29 is 19.1 Å². The van der Waals surface area contributed by atoms with E-state index in [0.717, 1.165) is 5.69 Å². The Hall–Kier alpha value is -3.28. The Kier molecular flexibility index (Phi) is 6.68. The fourth-order valence-electron chi connectivity index (χ4n) is 3.58. The number of ether oxygens (including phenoxy) is 2. The summed E-state index contributed by atoms with van der Waals surface area (Å²) in [5.74, 6) is 0.983. The van der Waals surface area contributed by atoms with Gasteiger partial charge in [-0.05, 0) is 47.2 Å². The number of benzene rings is 2. The Morgan fingerprint density at radius 1 is 0.871 bits per heavy atom. The summed E-state index contributed by atoms with van der Waals surface area (Å²) in [4.78, 5) is 27.8. The van der Waals surface area contributed by atoms with Crippen LogP contribution in [0.5, 0.6) is 11.5 Å². The molecule has 1 aliphatic heterocycles. The number of imide groups is 1. The van der Waals surface area contributed by atoms with E-state index in [2.05, 4.69) is 19.2 Å². The molecule has 0 aliphatic carbocycles. The third kappa shape index (κ3) is 4.58. The van der Waals surface area contributed by atoms with E-state index in [0.29, 0.717) is 35.1 Å². The van der Waals surface area contributed by atoms with E-state index in [1.54, 1.807) is 25.3 Å². The zero-order valence-corrected chi connectivity index (χ0v) is 19.0. The van der Waals surface area contributed by atoms with E-state index < -0.39 is 0 Å². The summed E-state index contributed by atoms with van der Waals surface area (Å²) in [6.07, 6.45) is 0. The topological polar surface area (TPSA) is 67.9 Å². The van der Waals surface area contributed by atoms with Crippen molar-refractivity contribution in [2.24, 2.45) is 5.92 Å². The first-order chi connectivity index (χ1) is 14.8. The molecule has 3 rings (SSSR count). The molecule has 164 valence electrons. The van der Waals surface area contributed by atoms with Crippen LogP contribution >= 0.6 is 0 Å². The van der Waals surface area contributed by atoms with Crippen molar-refractivity contribution in [1.29, 1.82) is 0 Å². The van der Waals surface area contributed by atoms with Crippen LogP contribution in [0.1, 0.15) is 44.7 Å². The average Bonchev–Trinajstić information content (AvgIpc) is 2.97. The van der Waals surface area contributed by atoms with Crippen molar-refractivity contribution in [1.82, 2.24) is 4.90 Å². The SMILES string of the molecule is COc1ccc(C2=C(Nc3ccc(C(C)C)cc3)C(=O)N(CC(C)C)C2=O)cc1OC. The summed E-state index contributed by atoms with van der Waals surface area (Å²) in [5.41, 5.74) is 3.16. The Morgan fingerprint density at radius 3 is 2.06 bits per heavy atom. The van der Waals surface area contributed by atoms with Gasteiger partial charge in [-0.2, -0.15) is 0 Å². The van der Waals surface area contributed by atoms with Gasteiger partial charge in [0, 0.05) is 12.2 Å². The second-order valence-electron chi connectivity index (χ2n) is 8.34. The van der Waals surface area contributed by atoms with Crippen LogP contribution in [0, 0.1) is 5.92 Å². The highest BCUT2D eigenvalue weighted by molar-refractivity contribution is 6.36. The van der Waals surface area contributed by atoms with Gasteiger partial charge in [0.1, 0.15) is 5.70 Å². The maximum Gasteiger partial charge on any atom is 0.278 e. The first-order valence-electron chi connectivity index (χ1n) is 10.5. The van der Waals surface area contributed by atoms with E-state index in [4.69, 9.17) is 9.47 Å². The number of methoxy groups -OCH3 is 2. The van der Waals surface area contributed by atoms with E-state index >= 15 is 0 Å². The molecule has 0 radical (unpaired) electrons. The summed E-state index contributed by atoms with van der Waals surface area (Å²) in [7, 11) is 3.09. The first-order valence-corrected chi connectivity index (χ1v) is 10.5. The predicted molar refractivity (Wildman–Crippen MR) is 122 cm³/mol. The van der Waals surface area contributed by atoms with Gasteiger partial charge >= 0.3 is 0 Å². The maximum atomic E-state index is 13.3. The standard InChI is InChI=1S/C25H30N2O4/c1-15(2)14-27-24(28)22(18-9-12-20(30-5)21(13-18)31-6)23(25(27)29)26-19-10-7-17(8-11-19)16(3)4/h7-13,15-16,26H,14H2,1-6H3. The van der Waals surface area contributed by atoms with Gasteiger partial charge in [0.2, 0.25) is 0 Å². The summed E-state index contributed by atoms with van der Waals surface area (Å²) in [6, 6.07) is 13.1. The number of rotatable bonds is 8. The Morgan fingerprint density at radius 2 is 1.52 bits per heavy atom. The second kappa shape index (κ2) is 9.25. The largest absolute Gasteiger partial charge is 0.493 e. The molecule has 2 amide bonds. The van der Waals surface area contributed by atoms with Crippen molar-refractivity contribution in [2.45, 2.75) is 33.6 Å². The number of hydrogen-bond donors (Lipinski definition) is 1. The zero-order valence-electron chi connectivity index (χ0n) is 19.0. The normalized spacial score (nSPS) is 14.1. The molecule has 1 N–H and O–H groups in total. The number of carbonyl (C=O) groups is 2. The second-order valence-corrected chi connectivity index (χ2v) is 8.34. The molecule has 2 aromatic rings. The zero-order chi connectivity index (χ0) is 22.7. The molecule has 0 unspecified atom stereocenters. The molecule has 0 aromatic heterocycles. The Bertz CT molecular complexity index is 1010. The molecule has 0 saturated heterocycles. The Labute approximate surface area is 183 Å². The van der Waals surface area contributed by atoms with Crippen LogP contribution in [0.2, 0.25) is 0 Å². The molecule has 0 fully saturated rings. The summed E-state index contributed by atoms with van der Waals surface area (Å²) in [5, 5.41) is 3.20. The van der Waals surface area contributed by atoms with E-state index in [9.17, 15) is 9.59 Å². The fourth-order valence-corrected chi connectivity index (χ4v) is 3.58. The van der Waals surface area contributed by atoms with Crippen molar-refractivity contribution in [3.63, 3.8) is 0 Å². The molecule has 6 nitrogen and oxygen atoms in total. The maximum absolute atomic E-state index is 13.3. The van der Waals surface area contributed by atoms with Crippen molar-refractivity contribution >= 4 is 23.1 Å². The Balaban J connectivity index is 2.07. The fraction of sp³-hybridized carbons (Fsp3) is 0.360.